The fourth-order valence-corrected chi connectivity index (χ4v) is 1.04. The van der Waals surface area contributed by atoms with Gasteiger partial charge in [-0.3, -0.25) is 19.2 Å². The molecule has 0 fully saturated rings. The van der Waals surface area contributed by atoms with Crippen LogP contribution in [0, 0.1) is 0 Å². The van der Waals surface area contributed by atoms with E-state index in [-0.39, 0.29) is 6.54 Å². The van der Waals surface area contributed by atoms with Crippen molar-refractivity contribution < 1.29 is 24.3 Å². The summed E-state index contributed by atoms with van der Waals surface area (Å²) >= 11 is 0. The van der Waals surface area contributed by atoms with Gasteiger partial charge in [0.25, 0.3) is 5.91 Å². The Labute approximate surface area is 99.0 Å². The molecule has 0 aliphatic heterocycles. The second-order valence-electron chi connectivity index (χ2n) is 3.60. The van der Waals surface area contributed by atoms with Crippen molar-refractivity contribution in [2.45, 2.75) is 13.3 Å². The number of hydrogen-bond acceptors (Lipinski definition) is 4. The third kappa shape index (κ3) is 5.10. The minimum Gasteiger partial charge on any atom is -0.480 e. The van der Waals surface area contributed by atoms with Gasteiger partial charge in [-0.25, -0.2) is 0 Å². The smallest absolute Gasteiger partial charge is 0.323 e. The summed E-state index contributed by atoms with van der Waals surface area (Å²) < 4.78 is 0. The van der Waals surface area contributed by atoms with Crippen LogP contribution in [0.4, 0.5) is 0 Å². The van der Waals surface area contributed by atoms with E-state index in [1.165, 1.54) is 19.0 Å². The first-order chi connectivity index (χ1) is 7.79. The van der Waals surface area contributed by atoms with Gasteiger partial charge >= 0.3 is 5.97 Å². The Morgan fingerprint density at radius 2 is 1.65 bits per heavy atom. The maximum absolute atomic E-state index is 11.5. The molecule has 0 saturated carbocycles. The zero-order chi connectivity index (χ0) is 13.6. The lowest BCUT2D eigenvalue weighted by Gasteiger charge is -2.17. The molecule has 0 spiro atoms. The lowest BCUT2D eigenvalue weighted by molar-refractivity contribution is -0.150. The summed E-state index contributed by atoms with van der Waals surface area (Å²) in [5, 5.41) is 8.54. The highest BCUT2D eigenvalue weighted by Gasteiger charge is 2.24. The molecule has 0 aliphatic carbocycles. The van der Waals surface area contributed by atoms with Crippen molar-refractivity contribution in [2.24, 2.45) is 0 Å². The summed E-state index contributed by atoms with van der Waals surface area (Å²) in [5.41, 5.74) is 0. The van der Waals surface area contributed by atoms with E-state index in [0.29, 0.717) is 0 Å². The molecule has 0 aromatic heterocycles. The van der Waals surface area contributed by atoms with Crippen LogP contribution in [0.15, 0.2) is 0 Å². The molecule has 96 valence electrons. The maximum atomic E-state index is 11.5. The van der Waals surface area contributed by atoms with E-state index in [1.807, 2.05) is 0 Å². The van der Waals surface area contributed by atoms with Crippen LogP contribution in [0.5, 0.6) is 0 Å². The van der Waals surface area contributed by atoms with Crippen molar-refractivity contribution in [1.82, 2.24) is 9.80 Å². The summed E-state index contributed by atoms with van der Waals surface area (Å²) in [5.74, 6) is -3.53. The lowest BCUT2D eigenvalue weighted by Crippen LogP contribution is -2.41. The molecular formula is C10H16N2O5. The number of Topliss-reactive ketones (excluding diaryl/α,β-unsaturated/α-hetero) is 1. The average molecular weight is 244 g/mol. The van der Waals surface area contributed by atoms with E-state index in [9.17, 15) is 19.2 Å². The molecule has 0 aliphatic rings. The van der Waals surface area contributed by atoms with Gasteiger partial charge in [0.05, 0.1) is 6.42 Å². The molecular weight excluding hydrogens is 228 g/mol. The van der Waals surface area contributed by atoms with Gasteiger partial charge in [-0.2, -0.15) is 0 Å². The van der Waals surface area contributed by atoms with Gasteiger partial charge in [0.15, 0.2) is 0 Å². The van der Waals surface area contributed by atoms with Crippen LogP contribution < -0.4 is 0 Å². The minimum absolute atomic E-state index is 0.104. The van der Waals surface area contributed by atoms with Crippen LogP contribution in [0.1, 0.15) is 13.3 Å². The van der Waals surface area contributed by atoms with E-state index < -0.39 is 36.5 Å². The average Bonchev–Trinajstić information content (AvgIpc) is 2.24. The van der Waals surface area contributed by atoms with E-state index in [0.717, 1.165) is 4.90 Å². The molecule has 0 aromatic carbocycles. The highest BCUT2D eigenvalue weighted by atomic mass is 16.4. The third-order valence-corrected chi connectivity index (χ3v) is 2.04. The van der Waals surface area contributed by atoms with E-state index in [2.05, 4.69) is 0 Å². The minimum atomic E-state index is -1.20. The highest BCUT2D eigenvalue weighted by molar-refractivity contribution is 6.39. The van der Waals surface area contributed by atoms with Crippen molar-refractivity contribution in [3.8, 4) is 0 Å². The van der Waals surface area contributed by atoms with Crippen molar-refractivity contribution in [2.75, 3.05) is 27.2 Å². The number of carbonyl (C=O) groups excluding carboxylic acids is 3. The first-order valence-corrected chi connectivity index (χ1v) is 5.03. The number of aliphatic carboxylic acids is 1. The Balaban J connectivity index is 4.52. The number of amides is 2. The molecule has 7 heteroatoms. The fraction of sp³-hybridized carbons (Fsp3) is 0.600. The van der Waals surface area contributed by atoms with Crippen LogP contribution in [0.25, 0.3) is 0 Å². The molecule has 0 heterocycles. The maximum Gasteiger partial charge on any atom is 0.323 e. The van der Waals surface area contributed by atoms with Gasteiger partial charge in [-0.05, 0) is 6.92 Å². The number of rotatable bonds is 6. The number of ketones is 1. The Morgan fingerprint density at radius 3 is 2.00 bits per heavy atom. The topological polar surface area (TPSA) is 95.0 Å². The van der Waals surface area contributed by atoms with Crippen LogP contribution in [0.2, 0.25) is 0 Å². The second kappa shape index (κ2) is 6.62. The van der Waals surface area contributed by atoms with E-state index in [4.69, 9.17) is 5.11 Å². The quantitative estimate of drug-likeness (QED) is 0.476. The van der Waals surface area contributed by atoms with Gasteiger partial charge in [0.2, 0.25) is 11.7 Å². The number of nitrogens with zero attached hydrogens (tertiary/aromatic N) is 2. The fourth-order valence-electron chi connectivity index (χ4n) is 1.04. The molecule has 7 nitrogen and oxygen atoms in total. The van der Waals surface area contributed by atoms with Gasteiger partial charge in [-0.15, -0.1) is 0 Å². The molecule has 17 heavy (non-hydrogen) atoms. The molecule has 0 bridgehead atoms. The molecule has 0 saturated heterocycles. The van der Waals surface area contributed by atoms with E-state index in [1.54, 1.807) is 6.92 Å². The number of carboxylic acid groups (broad SMARTS) is 1. The third-order valence-electron chi connectivity index (χ3n) is 2.04. The van der Waals surface area contributed by atoms with Gasteiger partial charge in [0.1, 0.15) is 6.54 Å². The number of hydrogen-bond donors (Lipinski definition) is 1. The molecule has 2 amide bonds. The monoisotopic (exact) mass is 244 g/mol. The predicted octanol–water partition coefficient (Wildman–Crippen LogP) is -1.03. The van der Waals surface area contributed by atoms with Crippen LogP contribution in [-0.4, -0.2) is 65.7 Å². The molecule has 0 unspecified atom stereocenters. The Morgan fingerprint density at radius 1 is 1.12 bits per heavy atom. The molecule has 0 atom stereocenters. The van der Waals surface area contributed by atoms with Crippen molar-refractivity contribution in [3.63, 3.8) is 0 Å². The number of carbonyl (C=O) groups is 4. The largest absolute Gasteiger partial charge is 0.480 e. The zero-order valence-electron chi connectivity index (χ0n) is 10.1. The zero-order valence-corrected chi connectivity index (χ0v) is 10.1. The highest BCUT2D eigenvalue weighted by Crippen LogP contribution is 1.97. The Bertz CT molecular complexity index is 338. The first-order valence-electron chi connectivity index (χ1n) is 5.03. The first kappa shape index (κ1) is 15.1. The van der Waals surface area contributed by atoms with Crippen molar-refractivity contribution in [1.29, 1.82) is 0 Å². The summed E-state index contributed by atoms with van der Waals surface area (Å²) in [6.45, 7) is 1.12. The summed E-state index contributed by atoms with van der Waals surface area (Å²) in [6.07, 6.45) is -0.540. The number of likely N-dealkylation sites (N-methyl/N-ethyl adjacent to an activating group) is 1. The van der Waals surface area contributed by atoms with Crippen LogP contribution in [0.3, 0.4) is 0 Å². The number of carboxylic acids is 1. The van der Waals surface area contributed by atoms with Crippen LogP contribution >= 0.6 is 0 Å². The van der Waals surface area contributed by atoms with Crippen LogP contribution in [-0.2, 0) is 19.2 Å². The standard InChI is InChI=1S/C10H16N2O5/c1-4-12(6-9(15)16)10(17)7(13)5-8(14)11(2)3/h4-6H2,1-3H3,(H,15,16). The predicted molar refractivity (Wildman–Crippen MR) is 58.2 cm³/mol. The van der Waals surface area contributed by atoms with Gasteiger partial charge in [0, 0.05) is 20.6 Å². The van der Waals surface area contributed by atoms with Crippen molar-refractivity contribution >= 4 is 23.6 Å². The Kier molecular flexibility index (Phi) is 5.87. The van der Waals surface area contributed by atoms with Gasteiger partial charge in [-0.1, -0.05) is 0 Å². The normalized spacial score (nSPS) is 9.59. The second-order valence-corrected chi connectivity index (χ2v) is 3.60. The van der Waals surface area contributed by atoms with Gasteiger partial charge < -0.3 is 14.9 Å². The molecule has 0 aromatic rings. The molecule has 0 radical (unpaired) electrons. The SMILES string of the molecule is CCN(CC(=O)O)C(=O)C(=O)CC(=O)N(C)C. The molecule has 0 rings (SSSR count). The lowest BCUT2D eigenvalue weighted by atomic mass is 10.2. The molecule has 1 N–H and O–H groups in total. The van der Waals surface area contributed by atoms with E-state index >= 15 is 0 Å². The summed E-state index contributed by atoms with van der Waals surface area (Å²) in [4.78, 5) is 46.6. The summed E-state index contributed by atoms with van der Waals surface area (Å²) in [6, 6.07) is 0. The summed E-state index contributed by atoms with van der Waals surface area (Å²) in [7, 11) is 2.93. The van der Waals surface area contributed by atoms with Crippen molar-refractivity contribution in [3.05, 3.63) is 0 Å². The Hall–Kier alpha value is -1.92.